The van der Waals surface area contributed by atoms with Crippen LogP contribution in [0.2, 0.25) is 0 Å². The van der Waals surface area contributed by atoms with Gasteiger partial charge in [0.1, 0.15) is 0 Å². The Morgan fingerprint density at radius 2 is 2.16 bits per heavy atom. The molecule has 0 spiro atoms. The molecule has 4 atom stereocenters. The fraction of sp³-hybridized carbons (Fsp3) is 0.600. The van der Waals surface area contributed by atoms with Crippen LogP contribution in [0.4, 0.5) is 5.69 Å². The second kappa shape index (κ2) is 5.43. The number of nitrogens with one attached hydrogen (secondary N) is 1. The van der Waals surface area contributed by atoms with Crippen LogP contribution in [-0.2, 0) is 0 Å². The highest BCUT2D eigenvalue weighted by Crippen LogP contribution is 2.51. The van der Waals surface area contributed by atoms with E-state index in [0.717, 1.165) is 39.9 Å². The van der Waals surface area contributed by atoms with Crippen molar-refractivity contribution in [3.63, 3.8) is 0 Å². The molecule has 2 fully saturated rings. The van der Waals surface area contributed by atoms with Crippen LogP contribution in [0.3, 0.4) is 0 Å². The van der Waals surface area contributed by atoms with Crippen molar-refractivity contribution in [2.24, 2.45) is 23.6 Å². The van der Waals surface area contributed by atoms with Gasteiger partial charge >= 0.3 is 0 Å². The maximum atomic E-state index is 6.10. The number of anilines is 1. The van der Waals surface area contributed by atoms with E-state index in [2.05, 4.69) is 27.4 Å². The summed E-state index contributed by atoms with van der Waals surface area (Å²) in [6.45, 7) is 0. The third-order valence-corrected chi connectivity index (χ3v) is 5.54. The summed E-state index contributed by atoms with van der Waals surface area (Å²) in [6.07, 6.45) is 6.80. The Labute approximate surface area is 123 Å². The molecule has 0 saturated heterocycles. The van der Waals surface area contributed by atoms with Crippen molar-refractivity contribution in [2.45, 2.75) is 38.1 Å². The lowest BCUT2D eigenvalue weighted by molar-refractivity contribution is 0.280. The second-order valence-electron chi connectivity index (χ2n) is 6.16. The first-order valence-corrected chi connectivity index (χ1v) is 7.97. The standard InChI is InChI=1S/C15H22BrN3/c16-12-3-4-14(17)13(8-12)15(19-18)7-11-6-9-1-2-10(11)5-9/h3-4,8-11,15,19H,1-2,5-7,17-18H2. The molecule has 104 valence electrons. The lowest BCUT2D eigenvalue weighted by Crippen LogP contribution is -2.31. The molecule has 1 aromatic rings. The summed E-state index contributed by atoms with van der Waals surface area (Å²) >= 11 is 3.51. The van der Waals surface area contributed by atoms with Gasteiger partial charge in [-0.3, -0.25) is 11.3 Å². The summed E-state index contributed by atoms with van der Waals surface area (Å²) in [5, 5.41) is 0. The summed E-state index contributed by atoms with van der Waals surface area (Å²) < 4.78 is 1.06. The molecule has 2 aliphatic rings. The van der Waals surface area contributed by atoms with E-state index in [1.807, 2.05) is 12.1 Å². The zero-order chi connectivity index (χ0) is 13.4. The summed E-state index contributed by atoms with van der Waals surface area (Å²) in [4.78, 5) is 0. The molecular formula is C15H22BrN3. The Morgan fingerprint density at radius 1 is 1.32 bits per heavy atom. The smallest absolute Gasteiger partial charge is 0.0483 e. The molecular weight excluding hydrogens is 302 g/mol. The molecule has 0 aliphatic heterocycles. The third-order valence-electron chi connectivity index (χ3n) is 5.05. The molecule has 5 N–H and O–H groups in total. The van der Waals surface area contributed by atoms with E-state index in [1.165, 1.54) is 25.7 Å². The van der Waals surface area contributed by atoms with Crippen LogP contribution in [0.5, 0.6) is 0 Å². The van der Waals surface area contributed by atoms with Crippen molar-refractivity contribution in [3.8, 4) is 0 Å². The summed E-state index contributed by atoms with van der Waals surface area (Å²) in [5.41, 5.74) is 11.0. The third kappa shape index (κ3) is 2.67. The lowest BCUT2D eigenvalue weighted by atomic mass is 9.82. The van der Waals surface area contributed by atoms with Gasteiger partial charge in [-0.2, -0.15) is 0 Å². The Kier molecular flexibility index (Phi) is 3.83. The Hall–Kier alpha value is -0.580. The topological polar surface area (TPSA) is 64.1 Å². The van der Waals surface area contributed by atoms with Crippen LogP contribution in [-0.4, -0.2) is 0 Å². The van der Waals surface area contributed by atoms with E-state index in [9.17, 15) is 0 Å². The van der Waals surface area contributed by atoms with E-state index in [-0.39, 0.29) is 6.04 Å². The summed E-state index contributed by atoms with van der Waals surface area (Å²) in [6, 6.07) is 6.18. The van der Waals surface area contributed by atoms with Crippen LogP contribution in [0.25, 0.3) is 0 Å². The number of hydrogen-bond donors (Lipinski definition) is 3. The fourth-order valence-electron chi connectivity index (χ4n) is 4.10. The van der Waals surface area contributed by atoms with Gasteiger partial charge in [0, 0.05) is 16.2 Å². The number of fused-ring (bicyclic) bond motifs is 2. The minimum Gasteiger partial charge on any atom is -0.398 e. The molecule has 4 unspecified atom stereocenters. The largest absolute Gasteiger partial charge is 0.398 e. The average Bonchev–Trinajstić information content (AvgIpc) is 3.01. The van der Waals surface area contributed by atoms with Crippen LogP contribution < -0.4 is 17.0 Å². The molecule has 2 saturated carbocycles. The van der Waals surface area contributed by atoms with Crippen molar-refractivity contribution in [2.75, 3.05) is 5.73 Å². The van der Waals surface area contributed by atoms with Gasteiger partial charge in [0.2, 0.25) is 0 Å². The minimum atomic E-state index is 0.168. The van der Waals surface area contributed by atoms with Gasteiger partial charge in [-0.1, -0.05) is 22.4 Å². The highest BCUT2D eigenvalue weighted by Gasteiger charge is 2.40. The van der Waals surface area contributed by atoms with Gasteiger partial charge in [0.15, 0.2) is 0 Å². The lowest BCUT2D eigenvalue weighted by Gasteiger charge is -2.27. The molecule has 0 radical (unpaired) electrons. The molecule has 2 bridgehead atoms. The Bertz CT molecular complexity index is 463. The molecule has 1 aromatic carbocycles. The predicted octanol–water partition coefficient (Wildman–Crippen LogP) is 3.36. The van der Waals surface area contributed by atoms with Crippen LogP contribution in [0, 0.1) is 17.8 Å². The van der Waals surface area contributed by atoms with Gasteiger partial charge in [0.25, 0.3) is 0 Å². The average molecular weight is 324 g/mol. The molecule has 2 aliphatic carbocycles. The molecule has 0 amide bonds. The number of hydrogen-bond acceptors (Lipinski definition) is 3. The summed E-state index contributed by atoms with van der Waals surface area (Å²) in [7, 11) is 0. The highest BCUT2D eigenvalue weighted by atomic mass is 79.9. The Balaban J connectivity index is 1.75. The van der Waals surface area contributed by atoms with Crippen LogP contribution in [0.15, 0.2) is 22.7 Å². The fourth-order valence-corrected chi connectivity index (χ4v) is 4.48. The molecule has 4 heteroatoms. The quantitative estimate of drug-likeness (QED) is 0.452. The zero-order valence-electron chi connectivity index (χ0n) is 11.1. The van der Waals surface area contributed by atoms with Crippen molar-refractivity contribution >= 4 is 21.6 Å². The Morgan fingerprint density at radius 3 is 2.79 bits per heavy atom. The van der Waals surface area contributed by atoms with Crippen molar-refractivity contribution < 1.29 is 0 Å². The maximum Gasteiger partial charge on any atom is 0.0483 e. The number of halogens is 1. The van der Waals surface area contributed by atoms with Gasteiger partial charge in [-0.05, 0) is 67.2 Å². The first kappa shape index (κ1) is 13.4. The highest BCUT2D eigenvalue weighted by molar-refractivity contribution is 9.10. The van der Waals surface area contributed by atoms with E-state index in [0.29, 0.717) is 0 Å². The maximum absolute atomic E-state index is 6.10. The van der Waals surface area contributed by atoms with Crippen molar-refractivity contribution in [3.05, 3.63) is 28.2 Å². The van der Waals surface area contributed by atoms with Crippen LogP contribution >= 0.6 is 15.9 Å². The van der Waals surface area contributed by atoms with Gasteiger partial charge < -0.3 is 5.73 Å². The van der Waals surface area contributed by atoms with Gasteiger partial charge in [-0.15, -0.1) is 0 Å². The number of nitrogen functional groups attached to an aromatic ring is 1. The first-order chi connectivity index (χ1) is 9.17. The van der Waals surface area contributed by atoms with Gasteiger partial charge in [-0.25, -0.2) is 0 Å². The predicted molar refractivity (Wildman–Crippen MR) is 82.2 cm³/mol. The zero-order valence-corrected chi connectivity index (χ0v) is 12.7. The van der Waals surface area contributed by atoms with Crippen LogP contribution in [0.1, 0.15) is 43.7 Å². The first-order valence-electron chi connectivity index (χ1n) is 7.18. The monoisotopic (exact) mass is 323 g/mol. The normalized spacial score (nSPS) is 30.7. The van der Waals surface area contributed by atoms with Gasteiger partial charge in [0.05, 0.1) is 0 Å². The van der Waals surface area contributed by atoms with Crippen molar-refractivity contribution in [1.82, 2.24) is 5.43 Å². The number of nitrogens with two attached hydrogens (primary N) is 2. The van der Waals surface area contributed by atoms with Crippen molar-refractivity contribution in [1.29, 1.82) is 0 Å². The van der Waals surface area contributed by atoms with E-state index in [4.69, 9.17) is 11.6 Å². The van der Waals surface area contributed by atoms with E-state index in [1.54, 1.807) is 0 Å². The van der Waals surface area contributed by atoms with E-state index >= 15 is 0 Å². The number of benzene rings is 1. The van der Waals surface area contributed by atoms with E-state index < -0.39 is 0 Å². The molecule has 0 heterocycles. The number of rotatable bonds is 4. The second-order valence-corrected chi connectivity index (χ2v) is 7.08. The SMILES string of the molecule is NNC(CC1CC2CCC1C2)c1cc(Br)ccc1N. The molecule has 3 rings (SSSR count). The number of hydrazine groups is 1. The molecule has 0 aromatic heterocycles. The molecule has 19 heavy (non-hydrogen) atoms. The minimum absolute atomic E-state index is 0.168. The summed E-state index contributed by atoms with van der Waals surface area (Å²) in [5.74, 6) is 8.50. The molecule has 3 nitrogen and oxygen atoms in total.